The topological polar surface area (TPSA) is 66.0 Å². The molecule has 0 spiro atoms. The number of ether oxygens (including phenoxy) is 4. The SMILES string of the molecule is CCOC(C)OCC.COC(CNC(=O)CCS)OC. The standard InChI is InChI=1S/C7H15NO3S.C6H14O2/c1-10-7(11-2)5-8-6(9)3-4-12;1-4-7-6(3)8-5-2/h7,12H,3-5H2,1-2H3,(H,8,9);6H,4-5H2,1-3H3. The van der Waals surface area contributed by atoms with Crippen LogP contribution >= 0.6 is 12.6 Å². The molecule has 0 heterocycles. The zero-order valence-corrected chi connectivity index (χ0v) is 14.1. The summed E-state index contributed by atoms with van der Waals surface area (Å²) >= 11 is 3.93. The maximum absolute atomic E-state index is 10.9. The minimum absolute atomic E-state index is 0.0370. The predicted octanol–water partition coefficient (Wildman–Crippen LogP) is 1.45. The summed E-state index contributed by atoms with van der Waals surface area (Å²) in [4.78, 5) is 10.9. The van der Waals surface area contributed by atoms with Crippen molar-refractivity contribution in [1.82, 2.24) is 5.32 Å². The van der Waals surface area contributed by atoms with E-state index in [0.29, 0.717) is 18.7 Å². The third-order valence-corrected chi connectivity index (χ3v) is 2.36. The molecule has 0 aliphatic heterocycles. The smallest absolute Gasteiger partial charge is 0.220 e. The van der Waals surface area contributed by atoms with Gasteiger partial charge in [-0.1, -0.05) is 0 Å². The molecule has 7 heteroatoms. The van der Waals surface area contributed by atoms with Crippen LogP contribution in [0.5, 0.6) is 0 Å². The maximum atomic E-state index is 10.9. The molecule has 1 N–H and O–H groups in total. The first-order valence-electron chi connectivity index (χ1n) is 6.71. The lowest BCUT2D eigenvalue weighted by Crippen LogP contribution is -2.34. The fraction of sp³-hybridized carbons (Fsp3) is 0.923. The summed E-state index contributed by atoms with van der Waals surface area (Å²) in [5, 5.41) is 2.65. The summed E-state index contributed by atoms with van der Waals surface area (Å²) in [7, 11) is 3.05. The molecular weight excluding hydrogens is 282 g/mol. The number of carbonyl (C=O) groups is 1. The molecule has 0 saturated carbocycles. The van der Waals surface area contributed by atoms with E-state index in [1.807, 2.05) is 20.8 Å². The molecular formula is C13H29NO5S. The second-order valence-corrected chi connectivity index (χ2v) is 4.10. The number of amides is 1. The lowest BCUT2D eigenvalue weighted by atomic mass is 10.4. The van der Waals surface area contributed by atoms with E-state index in [1.165, 1.54) is 14.2 Å². The van der Waals surface area contributed by atoms with Crippen LogP contribution in [0.3, 0.4) is 0 Å². The van der Waals surface area contributed by atoms with Gasteiger partial charge in [0.25, 0.3) is 0 Å². The third-order valence-electron chi connectivity index (χ3n) is 2.13. The molecule has 0 bridgehead atoms. The highest BCUT2D eigenvalue weighted by molar-refractivity contribution is 7.80. The molecule has 0 aromatic heterocycles. The Morgan fingerprint density at radius 2 is 1.65 bits per heavy atom. The summed E-state index contributed by atoms with van der Waals surface area (Å²) in [5.41, 5.74) is 0. The summed E-state index contributed by atoms with van der Waals surface area (Å²) in [6.45, 7) is 7.62. The van der Waals surface area contributed by atoms with Gasteiger partial charge in [0.1, 0.15) is 0 Å². The van der Waals surface area contributed by atoms with E-state index in [4.69, 9.17) is 18.9 Å². The molecule has 0 unspecified atom stereocenters. The van der Waals surface area contributed by atoms with Crippen LogP contribution in [0.2, 0.25) is 0 Å². The van der Waals surface area contributed by atoms with Crippen LogP contribution in [0.1, 0.15) is 27.2 Å². The molecule has 0 aromatic rings. The van der Waals surface area contributed by atoms with Crippen molar-refractivity contribution in [1.29, 1.82) is 0 Å². The first kappa shape index (κ1) is 21.9. The lowest BCUT2D eigenvalue weighted by molar-refractivity contribution is -0.127. The van der Waals surface area contributed by atoms with E-state index in [-0.39, 0.29) is 18.5 Å². The lowest BCUT2D eigenvalue weighted by Gasteiger charge is -2.13. The molecule has 0 aliphatic carbocycles. The minimum Gasteiger partial charge on any atom is -0.354 e. The van der Waals surface area contributed by atoms with E-state index in [9.17, 15) is 4.79 Å². The fourth-order valence-electron chi connectivity index (χ4n) is 1.17. The Balaban J connectivity index is 0. The molecule has 0 aliphatic rings. The maximum Gasteiger partial charge on any atom is 0.220 e. The van der Waals surface area contributed by atoms with E-state index < -0.39 is 0 Å². The van der Waals surface area contributed by atoms with Gasteiger partial charge < -0.3 is 24.3 Å². The van der Waals surface area contributed by atoms with E-state index in [1.54, 1.807) is 0 Å². The monoisotopic (exact) mass is 311 g/mol. The van der Waals surface area contributed by atoms with Crippen molar-refractivity contribution in [3.63, 3.8) is 0 Å². The van der Waals surface area contributed by atoms with Gasteiger partial charge in [-0.3, -0.25) is 4.79 Å². The van der Waals surface area contributed by atoms with Crippen LogP contribution in [0.15, 0.2) is 0 Å². The summed E-state index contributed by atoms with van der Waals surface area (Å²) in [5.74, 6) is 0.514. The van der Waals surface area contributed by atoms with E-state index in [2.05, 4.69) is 17.9 Å². The molecule has 122 valence electrons. The molecule has 0 fully saturated rings. The first-order valence-corrected chi connectivity index (χ1v) is 7.35. The third kappa shape index (κ3) is 15.7. The second kappa shape index (κ2) is 16.7. The normalized spacial score (nSPS) is 10.4. The number of thiol groups is 1. The van der Waals surface area contributed by atoms with Crippen LogP contribution in [-0.2, 0) is 23.7 Å². The Labute approximate surface area is 127 Å². The van der Waals surface area contributed by atoms with Gasteiger partial charge in [0.05, 0.1) is 6.54 Å². The van der Waals surface area contributed by atoms with Crippen molar-refractivity contribution in [2.75, 3.05) is 39.7 Å². The van der Waals surface area contributed by atoms with Crippen LogP contribution in [0, 0.1) is 0 Å². The quantitative estimate of drug-likeness (QED) is 0.472. The summed E-state index contributed by atoms with van der Waals surface area (Å²) < 4.78 is 19.9. The van der Waals surface area contributed by atoms with E-state index in [0.717, 1.165) is 13.2 Å². The molecule has 1 amide bonds. The van der Waals surface area contributed by atoms with Gasteiger partial charge >= 0.3 is 0 Å². The van der Waals surface area contributed by atoms with Crippen molar-refractivity contribution in [2.45, 2.75) is 39.8 Å². The largest absolute Gasteiger partial charge is 0.354 e. The Kier molecular flexibility index (Phi) is 18.3. The first-order chi connectivity index (χ1) is 9.55. The molecule has 20 heavy (non-hydrogen) atoms. The molecule has 0 radical (unpaired) electrons. The average molecular weight is 311 g/mol. The highest BCUT2D eigenvalue weighted by Crippen LogP contribution is 1.90. The highest BCUT2D eigenvalue weighted by Gasteiger charge is 2.06. The Morgan fingerprint density at radius 3 is 2.00 bits per heavy atom. The Bertz CT molecular complexity index is 209. The van der Waals surface area contributed by atoms with Crippen LogP contribution < -0.4 is 5.32 Å². The van der Waals surface area contributed by atoms with E-state index >= 15 is 0 Å². The Morgan fingerprint density at radius 1 is 1.15 bits per heavy atom. The van der Waals surface area contributed by atoms with Crippen LogP contribution in [0.25, 0.3) is 0 Å². The number of rotatable bonds is 10. The number of methoxy groups -OCH3 is 2. The van der Waals surface area contributed by atoms with Crippen LogP contribution in [-0.4, -0.2) is 58.2 Å². The molecule has 0 saturated heterocycles. The van der Waals surface area contributed by atoms with Crippen molar-refractivity contribution in [3.8, 4) is 0 Å². The van der Waals surface area contributed by atoms with Gasteiger partial charge in [-0.25, -0.2) is 0 Å². The molecule has 0 atom stereocenters. The van der Waals surface area contributed by atoms with Gasteiger partial charge in [-0.15, -0.1) is 0 Å². The Hall–Kier alpha value is -0.340. The zero-order chi connectivity index (χ0) is 15.8. The second-order valence-electron chi connectivity index (χ2n) is 3.66. The predicted molar refractivity (Wildman–Crippen MR) is 82.0 cm³/mol. The molecule has 6 nitrogen and oxygen atoms in total. The van der Waals surface area contributed by atoms with Crippen LogP contribution in [0.4, 0.5) is 0 Å². The van der Waals surface area contributed by atoms with Gasteiger partial charge in [-0.2, -0.15) is 12.6 Å². The number of carbonyl (C=O) groups excluding carboxylic acids is 1. The van der Waals surface area contributed by atoms with Crippen molar-refractivity contribution in [2.24, 2.45) is 0 Å². The van der Waals surface area contributed by atoms with Crippen molar-refractivity contribution in [3.05, 3.63) is 0 Å². The molecule has 0 rings (SSSR count). The summed E-state index contributed by atoms with van der Waals surface area (Å²) in [6, 6.07) is 0. The zero-order valence-electron chi connectivity index (χ0n) is 13.2. The van der Waals surface area contributed by atoms with Gasteiger partial charge in [0.2, 0.25) is 5.91 Å². The highest BCUT2D eigenvalue weighted by atomic mass is 32.1. The van der Waals surface area contributed by atoms with Crippen molar-refractivity contribution < 1.29 is 23.7 Å². The average Bonchev–Trinajstić information content (AvgIpc) is 2.41. The minimum atomic E-state index is -0.367. The summed E-state index contributed by atoms with van der Waals surface area (Å²) in [6.07, 6.45) is 0.0161. The number of hydrogen-bond donors (Lipinski definition) is 2. The van der Waals surface area contributed by atoms with Gasteiger partial charge in [0, 0.05) is 33.9 Å². The van der Waals surface area contributed by atoms with Gasteiger partial charge in [-0.05, 0) is 26.5 Å². The van der Waals surface area contributed by atoms with Crippen molar-refractivity contribution >= 4 is 18.5 Å². The van der Waals surface area contributed by atoms with Gasteiger partial charge in [0.15, 0.2) is 12.6 Å². The molecule has 0 aromatic carbocycles. The fourth-order valence-corrected chi connectivity index (χ4v) is 1.37. The number of hydrogen-bond acceptors (Lipinski definition) is 6. The number of nitrogens with one attached hydrogen (secondary N) is 1.